The second-order valence-electron chi connectivity index (χ2n) is 8.28. The molecule has 150 valence electrons. The first-order valence-corrected chi connectivity index (χ1v) is 11.5. The molecule has 2 aliphatic heterocycles. The fourth-order valence-corrected chi connectivity index (χ4v) is 5.55. The monoisotopic (exact) mass is 404 g/mol. The minimum Gasteiger partial charge on any atom is -0.363 e. The van der Waals surface area contributed by atoms with Gasteiger partial charge in [-0.05, 0) is 49.9 Å². The summed E-state index contributed by atoms with van der Waals surface area (Å²) >= 11 is 1.85. The maximum atomic E-state index is 4.94. The van der Waals surface area contributed by atoms with E-state index in [1.807, 2.05) is 11.3 Å². The van der Waals surface area contributed by atoms with E-state index in [0.29, 0.717) is 0 Å². The van der Waals surface area contributed by atoms with Gasteiger partial charge in [-0.25, -0.2) is 9.98 Å². The van der Waals surface area contributed by atoms with Crippen LogP contribution in [0.1, 0.15) is 38.5 Å². The number of piperidine rings is 2. The molecule has 0 aliphatic carbocycles. The molecular weight excluding hydrogens is 376 g/mol. The number of thiophene rings is 1. The van der Waals surface area contributed by atoms with Gasteiger partial charge in [0.1, 0.15) is 11.7 Å². The van der Waals surface area contributed by atoms with Crippen LogP contribution in [0.15, 0.2) is 46.4 Å². The van der Waals surface area contributed by atoms with Gasteiger partial charge in [0, 0.05) is 60.2 Å². The molecule has 2 aliphatic rings. The van der Waals surface area contributed by atoms with Crippen molar-refractivity contribution in [2.45, 2.75) is 38.5 Å². The number of aliphatic imine (C=N–C) groups is 2. The van der Waals surface area contributed by atoms with Gasteiger partial charge in [-0.15, -0.1) is 11.3 Å². The summed E-state index contributed by atoms with van der Waals surface area (Å²) < 4.78 is 2.61. The van der Waals surface area contributed by atoms with Gasteiger partial charge in [-0.3, -0.25) is 0 Å². The zero-order valence-electron chi connectivity index (χ0n) is 17.3. The van der Waals surface area contributed by atoms with Crippen LogP contribution in [-0.4, -0.2) is 48.7 Å². The third-order valence-electron chi connectivity index (χ3n) is 6.13. The quantitative estimate of drug-likeness (QED) is 0.498. The second kappa shape index (κ2) is 7.79. The average Bonchev–Trinajstić information content (AvgIpc) is 3.08. The molecule has 2 saturated heterocycles. The molecule has 3 aromatic rings. The van der Waals surface area contributed by atoms with Crippen LogP contribution in [0.3, 0.4) is 0 Å². The lowest BCUT2D eigenvalue weighted by molar-refractivity contribution is 0.434. The Hall–Kier alpha value is -2.40. The van der Waals surface area contributed by atoms with Gasteiger partial charge in [0.25, 0.3) is 0 Å². The summed E-state index contributed by atoms with van der Waals surface area (Å²) in [5.74, 6) is 2.43. The highest BCUT2D eigenvalue weighted by atomic mass is 32.1. The maximum absolute atomic E-state index is 4.94. The van der Waals surface area contributed by atoms with Gasteiger partial charge in [0.05, 0.1) is 11.4 Å². The van der Waals surface area contributed by atoms with Gasteiger partial charge in [0.15, 0.2) is 0 Å². The van der Waals surface area contributed by atoms with E-state index in [0.717, 1.165) is 37.3 Å². The average molecular weight is 405 g/mol. The molecule has 0 bridgehead atoms. The predicted molar refractivity (Wildman–Crippen MR) is 126 cm³/mol. The van der Waals surface area contributed by atoms with Crippen LogP contribution in [0.2, 0.25) is 0 Å². The summed E-state index contributed by atoms with van der Waals surface area (Å²) in [7, 11) is 4.31. The summed E-state index contributed by atoms with van der Waals surface area (Å²) in [6.07, 6.45) is 7.20. The molecule has 3 heterocycles. The number of rotatable bonds is 2. The van der Waals surface area contributed by atoms with Gasteiger partial charge in [-0.1, -0.05) is 12.1 Å². The number of benzene rings is 2. The van der Waals surface area contributed by atoms with Gasteiger partial charge in [-0.2, -0.15) is 0 Å². The Morgan fingerprint density at radius 3 is 1.62 bits per heavy atom. The number of hydrogen-bond donors (Lipinski definition) is 0. The fraction of sp³-hybridized carbons (Fsp3) is 0.417. The number of amidine groups is 2. The van der Waals surface area contributed by atoms with Crippen molar-refractivity contribution in [1.82, 2.24) is 9.80 Å². The Kier molecular flexibility index (Phi) is 5.00. The molecule has 29 heavy (non-hydrogen) atoms. The SMILES string of the molecule is CN1CCCCC1=Nc1ccc2c(c1)sc1cc(N=C3CCCCN3C)ccc12. The van der Waals surface area contributed by atoms with E-state index in [-0.39, 0.29) is 0 Å². The first kappa shape index (κ1) is 18.6. The molecule has 0 atom stereocenters. The van der Waals surface area contributed by atoms with E-state index in [1.54, 1.807) is 0 Å². The Balaban J connectivity index is 1.50. The lowest BCUT2D eigenvalue weighted by Gasteiger charge is -2.26. The van der Waals surface area contributed by atoms with Crippen molar-refractivity contribution in [1.29, 1.82) is 0 Å². The Morgan fingerprint density at radius 1 is 0.690 bits per heavy atom. The first-order chi connectivity index (χ1) is 14.2. The van der Waals surface area contributed by atoms with E-state index < -0.39 is 0 Å². The molecule has 2 aromatic carbocycles. The number of nitrogens with zero attached hydrogens (tertiary/aromatic N) is 4. The second-order valence-corrected chi connectivity index (χ2v) is 9.36. The third-order valence-corrected chi connectivity index (χ3v) is 7.24. The van der Waals surface area contributed by atoms with Crippen LogP contribution in [0.25, 0.3) is 20.2 Å². The van der Waals surface area contributed by atoms with Crippen molar-refractivity contribution >= 4 is 54.6 Å². The normalized spacial score (nSPS) is 21.0. The Labute approximate surface area is 176 Å². The standard InChI is InChI=1S/C24H28N4S/c1-27-13-5-3-7-23(27)25-17-9-11-19-20-12-10-18(16-22(20)29-21(19)15-17)26-24-8-4-6-14-28(24)2/h9-12,15-16H,3-8,13-14H2,1-2H3. The zero-order valence-corrected chi connectivity index (χ0v) is 18.1. The van der Waals surface area contributed by atoms with E-state index in [1.165, 1.54) is 57.5 Å². The Morgan fingerprint density at radius 2 is 1.17 bits per heavy atom. The van der Waals surface area contributed by atoms with Crippen LogP contribution in [-0.2, 0) is 0 Å². The van der Waals surface area contributed by atoms with E-state index in [9.17, 15) is 0 Å². The van der Waals surface area contributed by atoms with Crippen LogP contribution in [0.4, 0.5) is 11.4 Å². The summed E-state index contributed by atoms with van der Waals surface area (Å²) in [6, 6.07) is 13.3. The first-order valence-electron chi connectivity index (χ1n) is 10.7. The molecule has 0 N–H and O–H groups in total. The predicted octanol–water partition coefficient (Wildman–Crippen LogP) is 6.35. The van der Waals surface area contributed by atoms with E-state index in [4.69, 9.17) is 9.98 Å². The molecule has 0 saturated carbocycles. The molecule has 5 rings (SSSR count). The van der Waals surface area contributed by atoms with E-state index >= 15 is 0 Å². The summed E-state index contributed by atoms with van der Waals surface area (Å²) in [5.41, 5.74) is 2.13. The molecule has 4 nitrogen and oxygen atoms in total. The van der Waals surface area contributed by atoms with Gasteiger partial charge < -0.3 is 9.80 Å². The summed E-state index contributed by atoms with van der Waals surface area (Å²) in [6.45, 7) is 2.23. The zero-order chi connectivity index (χ0) is 19.8. The highest BCUT2D eigenvalue weighted by Gasteiger charge is 2.14. The highest BCUT2D eigenvalue weighted by Crippen LogP contribution is 2.38. The van der Waals surface area contributed by atoms with Crippen molar-refractivity contribution in [2.24, 2.45) is 9.98 Å². The van der Waals surface area contributed by atoms with Crippen LogP contribution >= 0.6 is 11.3 Å². The minimum absolute atomic E-state index is 1.07. The van der Waals surface area contributed by atoms with Crippen molar-refractivity contribution in [3.8, 4) is 0 Å². The molecule has 0 unspecified atom stereocenters. The summed E-state index contributed by atoms with van der Waals surface area (Å²) in [5, 5.41) is 2.64. The molecule has 0 spiro atoms. The van der Waals surface area contributed by atoms with Crippen molar-refractivity contribution in [3.05, 3.63) is 36.4 Å². The fourth-order valence-electron chi connectivity index (χ4n) is 4.38. The lowest BCUT2D eigenvalue weighted by Crippen LogP contribution is -2.31. The topological polar surface area (TPSA) is 31.2 Å². The third kappa shape index (κ3) is 3.76. The van der Waals surface area contributed by atoms with Crippen molar-refractivity contribution in [3.63, 3.8) is 0 Å². The number of hydrogen-bond acceptors (Lipinski definition) is 3. The van der Waals surface area contributed by atoms with Crippen LogP contribution in [0, 0.1) is 0 Å². The maximum Gasteiger partial charge on any atom is 0.105 e. The highest BCUT2D eigenvalue weighted by molar-refractivity contribution is 7.25. The summed E-state index contributed by atoms with van der Waals surface area (Å²) in [4.78, 5) is 14.5. The van der Waals surface area contributed by atoms with Crippen molar-refractivity contribution in [2.75, 3.05) is 27.2 Å². The number of fused-ring (bicyclic) bond motifs is 3. The Bertz CT molecular complexity index is 1020. The largest absolute Gasteiger partial charge is 0.363 e. The van der Waals surface area contributed by atoms with Crippen molar-refractivity contribution < 1.29 is 0 Å². The van der Waals surface area contributed by atoms with E-state index in [2.05, 4.69) is 60.3 Å². The van der Waals surface area contributed by atoms with Crippen LogP contribution in [0.5, 0.6) is 0 Å². The molecule has 1 aromatic heterocycles. The smallest absolute Gasteiger partial charge is 0.105 e. The van der Waals surface area contributed by atoms with Crippen LogP contribution < -0.4 is 0 Å². The van der Waals surface area contributed by atoms with Gasteiger partial charge in [0.2, 0.25) is 0 Å². The lowest BCUT2D eigenvalue weighted by atomic mass is 10.1. The molecule has 2 fully saturated rings. The minimum atomic E-state index is 1.07. The number of likely N-dealkylation sites (tertiary alicyclic amines) is 2. The molecule has 0 radical (unpaired) electrons. The molecule has 0 amide bonds. The van der Waals surface area contributed by atoms with Gasteiger partial charge >= 0.3 is 0 Å². The molecular formula is C24H28N4S. The molecule has 5 heteroatoms.